The molecule has 0 atom stereocenters. The van der Waals surface area contributed by atoms with Gasteiger partial charge in [0.05, 0.1) is 30.9 Å². The van der Waals surface area contributed by atoms with E-state index in [1.165, 1.54) is 16.2 Å². The number of para-hydroxylation sites is 1. The Morgan fingerprint density at radius 2 is 1.35 bits per heavy atom. The van der Waals surface area contributed by atoms with Gasteiger partial charge in [0.15, 0.2) is 0 Å². The number of fused-ring (bicyclic) bond motifs is 6. The molecule has 4 heteroatoms. The Hall–Kier alpha value is -4.83. The van der Waals surface area contributed by atoms with Crippen LogP contribution >= 0.6 is 0 Å². The predicted octanol–water partition coefficient (Wildman–Crippen LogP) is 8.15. The smallest absolute Gasteiger partial charge is 0.123 e. The number of nitrogens with zero attached hydrogens (tertiary/aromatic N) is 2. The lowest BCUT2D eigenvalue weighted by molar-refractivity contribution is 0.394. The van der Waals surface area contributed by atoms with Crippen LogP contribution in [0.3, 0.4) is 0 Å². The van der Waals surface area contributed by atoms with Crippen molar-refractivity contribution in [3.05, 3.63) is 109 Å². The Labute approximate surface area is 214 Å². The van der Waals surface area contributed by atoms with E-state index >= 15 is 0 Å². The zero-order valence-electron chi connectivity index (χ0n) is 20.6. The number of pyridine rings is 2. The summed E-state index contributed by atoms with van der Waals surface area (Å²) in [6.07, 6.45) is 2.19. The van der Waals surface area contributed by atoms with Gasteiger partial charge in [0, 0.05) is 34.1 Å². The number of aromatic nitrogens is 2. The second-order valence-corrected chi connectivity index (χ2v) is 9.22. The van der Waals surface area contributed by atoms with Crippen LogP contribution in [0.1, 0.15) is 0 Å². The van der Waals surface area contributed by atoms with Crippen LogP contribution in [-0.4, -0.2) is 23.6 Å². The van der Waals surface area contributed by atoms with Crippen LogP contribution in [0.5, 0.6) is 11.5 Å². The third-order valence-electron chi connectivity index (χ3n) is 7.15. The van der Waals surface area contributed by atoms with E-state index in [2.05, 4.69) is 95.5 Å². The maximum Gasteiger partial charge on any atom is 0.123 e. The summed E-state index contributed by atoms with van der Waals surface area (Å²) in [6, 6.07) is 35.9. The third-order valence-corrected chi connectivity index (χ3v) is 7.15. The molecule has 0 N–H and O–H groups in total. The van der Waals surface area contributed by atoms with Crippen LogP contribution in [0.4, 0.5) is 0 Å². The molecule has 3 aromatic heterocycles. The summed E-state index contributed by atoms with van der Waals surface area (Å²) >= 11 is 0. The lowest BCUT2D eigenvalue weighted by atomic mass is 9.99. The molecule has 7 aromatic rings. The molecule has 0 aliphatic heterocycles. The summed E-state index contributed by atoms with van der Waals surface area (Å²) in [6.45, 7) is 0. The standard InChI is InChI=1S/C33H24N2O2/c1-36-25-16-23(17-26(19-25)37-2)22-14-15-24-18-30-28-11-5-6-13-31(28)34-32(33(30)35(24)20-22)29-12-7-9-21-8-3-4-10-27(21)29/h3-20H,1-2H3. The molecule has 3 heterocycles. The van der Waals surface area contributed by atoms with Crippen LogP contribution in [0, 0.1) is 0 Å². The van der Waals surface area contributed by atoms with Crippen molar-refractivity contribution in [3.8, 4) is 33.9 Å². The molecule has 0 aliphatic rings. The summed E-state index contributed by atoms with van der Waals surface area (Å²) in [7, 11) is 3.35. The first kappa shape index (κ1) is 21.5. The highest BCUT2D eigenvalue weighted by Gasteiger charge is 2.17. The number of rotatable bonds is 4. The molecule has 4 aromatic carbocycles. The first-order chi connectivity index (χ1) is 18.2. The lowest BCUT2D eigenvalue weighted by Crippen LogP contribution is -1.94. The molecule has 0 aliphatic carbocycles. The molecule has 0 saturated carbocycles. The average molecular weight is 481 g/mol. The highest BCUT2D eigenvalue weighted by atomic mass is 16.5. The van der Waals surface area contributed by atoms with Gasteiger partial charge in [-0.2, -0.15) is 0 Å². The van der Waals surface area contributed by atoms with Crippen LogP contribution in [-0.2, 0) is 0 Å². The molecule has 0 bridgehead atoms. The van der Waals surface area contributed by atoms with E-state index < -0.39 is 0 Å². The van der Waals surface area contributed by atoms with Crippen molar-refractivity contribution < 1.29 is 9.47 Å². The molecule has 7 rings (SSSR count). The van der Waals surface area contributed by atoms with E-state index in [4.69, 9.17) is 14.5 Å². The van der Waals surface area contributed by atoms with Gasteiger partial charge in [-0.25, -0.2) is 4.98 Å². The quantitative estimate of drug-likeness (QED) is 0.255. The van der Waals surface area contributed by atoms with Crippen LogP contribution in [0.15, 0.2) is 109 Å². The zero-order valence-corrected chi connectivity index (χ0v) is 20.6. The molecule has 178 valence electrons. The Morgan fingerprint density at radius 1 is 0.622 bits per heavy atom. The Bertz CT molecular complexity index is 1940. The number of hydrogen-bond acceptors (Lipinski definition) is 3. The second-order valence-electron chi connectivity index (χ2n) is 9.22. The van der Waals surface area contributed by atoms with Crippen molar-refractivity contribution in [1.82, 2.24) is 9.38 Å². The topological polar surface area (TPSA) is 35.8 Å². The fourth-order valence-corrected chi connectivity index (χ4v) is 5.35. The van der Waals surface area contributed by atoms with Gasteiger partial charge in [-0.15, -0.1) is 0 Å². The second kappa shape index (κ2) is 8.38. The predicted molar refractivity (Wildman–Crippen MR) is 152 cm³/mol. The molecule has 0 unspecified atom stereocenters. The van der Waals surface area contributed by atoms with Crippen LogP contribution in [0.25, 0.3) is 60.5 Å². The maximum absolute atomic E-state index is 5.53. The zero-order chi connectivity index (χ0) is 24.9. The number of ether oxygens (including phenoxy) is 2. The number of methoxy groups -OCH3 is 2. The highest BCUT2D eigenvalue weighted by Crippen LogP contribution is 2.38. The lowest BCUT2D eigenvalue weighted by Gasteiger charge is -2.12. The SMILES string of the molecule is COc1cc(OC)cc(-c2ccc3cc4c5ccccc5nc(-c5cccc6ccccc56)c4n3c2)c1. The molecule has 37 heavy (non-hydrogen) atoms. The van der Waals surface area contributed by atoms with E-state index in [1.54, 1.807) is 14.2 Å². The van der Waals surface area contributed by atoms with Crippen LogP contribution in [0.2, 0.25) is 0 Å². The summed E-state index contributed by atoms with van der Waals surface area (Å²) < 4.78 is 13.3. The van der Waals surface area contributed by atoms with Gasteiger partial charge in [0.1, 0.15) is 11.5 Å². The number of hydrogen-bond donors (Lipinski definition) is 0. The molecule has 0 spiro atoms. The Balaban J connectivity index is 1.59. The normalized spacial score (nSPS) is 11.5. The van der Waals surface area contributed by atoms with Gasteiger partial charge in [0.25, 0.3) is 0 Å². The highest BCUT2D eigenvalue weighted by molar-refractivity contribution is 6.14. The first-order valence-electron chi connectivity index (χ1n) is 12.3. The minimum atomic E-state index is 0.760. The molecule has 0 amide bonds. The fraction of sp³-hybridized carbons (Fsp3) is 0.0606. The minimum Gasteiger partial charge on any atom is -0.497 e. The first-order valence-corrected chi connectivity index (χ1v) is 12.3. The number of benzene rings is 4. The summed E-state index contributed by atoms with van der Waals surface area (Å²) in [5.41, 5.74) is 7.41. The summed E-state index contributed by atoms with van der Waals surface area (Å²) in [5, 5.41) is 4.73. The van der Waals surface area contributed by atoms with E-state index in [0.717, 1.165) is 55.8 Å². The van der Waals surface area contributed by atoms with Gasteiger partial charge in [0.2, 0.25) is 0 Å². The Kier molecular flexibility index (Phi) is 4.86. The fourth-order valence-electron chi connectivity index (χ4n) is 5.35. The summed E-state index contributed by atoms with van der Waals surface area (Å²) in [5.74, 6) is 1.52. The van der Waals surface area contributed by atoms with E-state index in [0.29, 0.717) is 0 Å². The molecular weight excluding hydrogens is 456 g/mol. The van der Waals surface area contributed by atoms with Gasteiger partial charge in [-0.1, -0.05) is 66.7 Å². The van der Waals surface area contributed by atoms with Crippen molar-refractivity contribution in [2.24, 2.45) is 0 Å². The maximum atomic E-state index is 5.53. The van der Waals surface area contributed by atoms with Gasteiger partial charge in [-0.05, 0) is 52.2 Å². The van der Waals surface area contributed by atoms with Crippen molar-refractivity contribution in [3.63, 3.8) is 0 Å². The van der Waals surface area contributed by atoms with Crippen molar-refractivity contribution in [1.29, 1.82) is 0 Å². The van der Waals surface area contributed by atoms with Gasteiger partial charge < -0.3 is 13.9 Å². The Morgan fingerprint density at radius 3 is 2.16 bits per heavy atom. The molecule has 0 radical (unpaired) electrons. The molecule has 0 saturated heterocycles. The molecule has 4 nitrogen and oxygen atoms in total. The molecule has 0 fully saturated rings. The van der Waals surface area contributed by atoms with Gasteiger partial charge >= 0.3 is 0 Å². The largest absolute Gasteiger partial charge is 0.497 e. The van der Waals surface area contributed by atoms with Gasteiger partial charge in [-0.3, -0.25) is 0 Å². The monoisotopic (exact) mass is 480 g/mol. The van der Waals surface area contributed by atoms with E-state index in [1.807, 2.05) is 18.2 Å². The third kappa shape index (κ3) is 3.41. The van der Waals surface area contributed by atoms with E-state index in [-0.39, 0.29) is 0 Å². The minimum absolute atomic E-state index is 0.760. The average Bonchev–Trinajstić information content (AvgIpc) is 3.35. The van der Waals surface area contributed by atoms with Crippen molar-refractivity contribution in [2.75, 3.05) is 14.2 Å². The van der Waals surface area contributed by atoms with Crippen molar-refractivity contribution >= 4 is 38.1 Å². The molecular formula is C33H24N2O2. The summed E-state index contributed by atoms with van der Waals surface area (Å²) in [4.78, 5) is 5.24. The van der Waals surface area contributed by atoms with Crippen LogP contribution < -0.4 is 9.47 Å². The van der Waals surface area contributed by atoms with E-state index in [9.17, 15) is 0 Å². The van der Waals surface area contributed by atoms with Crippen molar-refractivity contribution in [2.45, 2.75) is 0 Å².